The van der Waals surface area contributed by atoms with Crippen LogP contribution in [0.15, 0.2) is 53.3 Å². The molecule has 0 spiro atoms. The zero-order valence-electron chi connectivity index (χ0n) is 19.4. The van der Waals surface area contributed by atoms with Crippen LogP contribution in [0.4, 0.5) is 0 Å². The van der Waals surface area contributed by atoms with Gasteiger partial charge in [-0.25, -0.2) is 4.98 Å². The molecule has 1 atom stereocenters. The molecule has 1 fully saturated rings. The Morgan fingerprint density at radius 3 is 2.53 bits per heavy atom. The SMILES string of the molecule is CCCCN(C(=O)C1CCCC1)C(C)c1nc2ccccc2c(=O)n1-c1ccccc1C. The normalized spacial score (nSPS) is 15.2. The van der Waals surface area contributed by atoms with Crippen molar-refractivity contribution in [3.8, 4) is 5.69 Å². The fraction of sp³-hybridized carbons (Fsp3) is 0.444. The quantitative estimate of drug-likeness (QED) is 0.491. The molecule has 4 rings (SSSR count). The van der Waals surface area contributed by atoms with Crippen LogP contribution in [0.3, 0.4) is 0 Å². The Balaban J connectivity index is 1.89. The van der Waals surface area contributed by atoms with E-state index < -0.39 is 0 Å². The fourth-order valence-electron chi connectivity index (χ4n) is 4.85. The highest BCUT2D eigenvalue weighted by Crippen LogP contribution is 2.31. The number of nitrogens with zero attached hydrogens (tertiary/aromatic N) is 3. The minimum absolute atomic E-state index is 0.0875. The van der Waals surface area contributed by atoms with Crippen LogP contribution in [-0.2, 0) is 4.79 Å². The summed E-state index contributed by atoms with van der Waals surface area (Å²) in [7, 11) is 0. The summed E-state index contributed by atoms with van der Waals surface area (Å²) in [4.78, 5) is 34.2. The number of aryl methyl sites for hydroxylation is 1. The first-order chi connectivity index (χ1) is 15.5. The number of carbonyl (C=O) groups is 1. The number of para-hydroxylation sites is 2. The van der Waals surface area contributed by atoms with Gasteiger partial charge in [0.05, 0.1) is 22.6 Å². The van der Waals surface area contributed by atoms with E-state index in [4.69, 9.17) is 4.98 Å². The summed E-state index contributed by atoms with van der Waals surface area (Å²) in [5, 5.41) is 0.592. The Kier molecular flexibility index (Phi) is 6.73. The number of amides is 1. The number of hydrogen-bond acceptors (Lipinski definition) is 3. The molecular weight excluding hydrogens is 398 g/mol. The van der Waals surface area contributed by atoms with Gasteiger partial charge in [0.2, 0.25) is 5.91 Å². The molecule has 5 heteroatoms. The zero-order valence-corrected chi connectivity index (χ0v) is 19.4. The average Bonchev–Trinajstić information content (AvgIpc) is 3.35. The number of hydrogen-bond donors (Lipinski definition) is 0. The van der Waals surface area contributed by atoms with Gasteiger partial charge in [-0.2, -0.15) is 0 Å². The molecule has 1 heterocycles. The Bertz CT molecular complexity index is 1160. The molecule has 1 aliphatic carbocycles. The molecule has 0 bridgehead atoms. The monoisotopic (exact) mass is 431 g/mol. The Labute approximate surface area is 190 Å². The van der Waals surface area contributed by atoms with Crippen molar-refractivity contribution in [2.45, 2.75) is 65.3 Å². The van der Waals surface area contributed by atoms with Crippen molar-refractivity contribution < 1.29 is 4.79 Å². The van der Waals surface area contributed by atoms with Crippen LogP contribution in [0.25, 0.3) is 16.6 Å². The van der Waals surface area contributed by atoms with Crippen molar-refractivity contribution in [2.75, 3.05) is 6.54 Å². The largest absolute Gasteiger partial charge is 0.333 e. The van der Waals surface area contributed by atoms with Gasteiger partial charge < -0.3 is 4.90 Å². The molecule has 1 unspecified atom stereocenters. The summed E-state index contributed by atoms with van der Waals surface area (Å²) in [6.45, 7) is 6.85. The maximum atomic E-state index is 13.7. The van der Waals surface area contributed by atoms with Gasteiger partial charge in [0.1, 0.15) is 5.82 Å². The number of carbonyl (C=O) groups excluding carboxylic acids is 1. The van der Waals surface area contributed by atoms with E-state index in [0.717, 1.165) is 49.8 Å². The van der Waals surface area contributed by atoms with E-state index in [1.807, 2.05) is 67.3 Å². The zero-order chi connectivity index (χ0) is 22.7. The van der Waals surface area contributed by atoms with Gasteiger partial charge >= 0.3 is 0 Å². The molecule has 1 aromatic heterocycles. The summed E-state index contributed by atoms with van der Waals surface area (Å²) in [5.74, 6) is 0.932. The molecule has 1 saturated carbocycles. The molecule has 3 aromatic rings. The van der Waals surface area contributed by atoms with E-state index in [1.54, 1.807) is 4.57 Å². The molecule has 1 amide bonds. The molecule has 168 valence electrons. The van der Waals surface area contributed by atoms with Crippen LogP contribution in [0.5, 0.6) is 0 Å². The predicted octanol–water partition coefficient (Wildman–Crippen LogP) is 5.57. The van der Waals surface area contributed by atoms with Gasteiger partial charge in [-0.05, 0) is 56.9 Å². The van der Waals surface area contributed by atoms with E-state index in [2.05, 4.69) is 6.92 Å². The highest BCUT2D eigenvalue weighted by Gasteiger charge is 2.32. The van der Waals surface area contributed by atoms with Gasteiger partial charge in [0.15, 0.2) is 0 Å². The first-order valence-corrected chi connectivity index (χ1v) is 11.9. The summed E-state index contributed by atoms with van der Waals surface area (Å²) in [5.41, 5.74) is 2.41. The maximum Gasteiger partial charge on any atom is 0.266 e. The molecular formula is C27H33N3O2. The minimum Gasteiger partial charge on any atom is -0.333 e. The lowest BCUT2D eigenvalue weighted by molar-refractivity contribution is -0.137. The summed E-state index contributed by atoms with van der Waals surface area (Å²) >= 11 is 0. The summed E-state index contributed by atoms with van der Waals surface area (Å²) < 4.78 is 1.73. The average molecular weight is 432 g/mol. The van der Waals surface area contributed by atoms with Crippen molar-refractivity contribution >= 4 is 16.8 Å². The second kappa shape index (κ2) is 9.68. The molecule has 0 radical (unpaired) electrons. The number of benzene rings is 2. The molecule has 0 aliphatic heterocycles. The highest BCUT2D eigenvalue weighted by molar-refractivity contribution is 5.80. The van der Waals surface area contributed by atoms with E-state index in [-0.39, 0.29) is 23.4 Å². The van der Waals surface area contributed by atoms with E-state index in [0.29, 0.717) is 23.3 Å². The van der Waals surface area contributed by atoms with Crippen molar-refractivity contribution in [3.63, 3.8) is 0 Å². The topological polar surface area (TPSA) is 55.2 Å². The van der Waals surface area contributed by atoms with Crippen molar-refractivity contribution in [1.82, 2.24) is 14.5 Å². The molecule has 5 nitrogen and oxygen atoms in total. The van der Waals surface area contributed by atoms with E-state index in [1.165, 1.54) is 0 Å². The second-order valence-electron chi connectivity index (χ2n) is 8.96. The van der Waals surface area contributed by atoms with Gasteiger partial charge in [0, 0.05) is 12.5 Å². The Morgan fingerprint density at radius 1 is 1.12 bits per heavy atom. The molecule has 2 aromatic carbocycles. The van der Waals surface area contributed by atoms with Gasteiger partial charge in [-0.1, -0.05) is 56.5 Å². The third-order valence-corrected chi connectivity index (χ3v) is 6.74. The fourth-order valence-corrected chi connectivity index (χ4v) is 4.85. The lowest BCUT2D eigenvalue weighted by Gasteiger charge is -2.32. The second-order valence-corrected chi connectivity index (χ2v) is 8.96. The predicted molar refractivity (Wildman–Crippen MR) is 129 cm³/mol. The van der Waals surface area contributed by atoms with Crippen LogP contribution < -0.4 is 5.56 Å². The summed E-state index contributed by atoms with van der Waals surface area (Å²) in [6.07, 6.45) is 6.11. The lowest BCUT2D eigenvalue weighted by Crippen LogP contribution is -2.40. The molecule has 0 N–H and O–H groups in total. The standard InChI is InChI=1S/C27H33N3O2/c1-4-5-18-29(26(31)21-13-7-8-14-21)20(3)25-28-23-16-10-9-15-22(23)27(32)30(25)24-17-11-6-12-19(24)2/h6,9-12,15-17,20-21H,4-5,7-8,13-14,18H2,1-3H3. The lowest BCUT2D eigenvalue weighted by atomic mass is 10.0. The van der Waals surface area contributed by atoms with Gasteiger partial charge in [0.25, 0.3) is 5.56 Å². The number of unbranched alkanes of at least 4 members (excludes halogenated alkanes) is 1. The summed E-state index contributed by atoms with van der Waals surface area (Å²) in [6, 6.07) is 15.1. The number of aromatic nitrogens is 2. The third kappa shape index (κ3) is 4.21. The Hall–Kier alpha value is -2.95. The van der Waals surface area contributed by atoms with Crippen molar-refractivity contribution in [3.05, 3.63) is 70.3 Å². The van der Waals surface area contributed by atoms with Crippen LogP contribution in [0.2, 0.25) is 0 Å². The van der Waals surface area contributed by atoms with Crippen LogP contribution in [-0.4, -0.2) is 26.9 Å². The maximum absolute atomic E-state index is 13.7. The van der Waals surface area contributed by atoms with Crippen molar-refractivity contribution in [2.24, 2.45) is 5.92 Å². The van der Waals surface area contributed by atoms with E-state index >= 15 is 0 Å². The minimum atomic E-state index is -0.299. The van der Waals surface area contributed by atoms with Gasteiger partial charge in [-0.15, -0.1) is 0 Å². The van der Waals surface area contributed by atoms with E-state index in [9.17, 15) is 9.59 Å². The molecule has 0 saturated heterocycles. The number of fused-ring (bicyclic) bond motifs is 1. The van der Waals surface area contributed by atoms with Gasteiger partial charge in [-0.3, -0.25) is 14.2 Å². The molecule has 1 aliphatic rings. The molecule has 32 heavy (non-hydrogen) atoms. The van der Waals surface area contributed by atoms with Crippen LogP contribution in [0, 0.1) is 12.8 Å². The first-order valence-electron chi connectivity index (χ1n) is 11.9. The third-order valence-electron chi connectivity index (χ3n) is 6.74. The van der Waals surface area contributed by atoms with Crippen molar-refractivity contribution in [1.29, 1.82) is 0 Å². The van der Waals surface area contributed by atoms with Crippen LogP contribution >= 0.6 is 0 Å². The Morgan fingerprint density at radius 2 is 1.81 bits per heavy atom. The highest BCUT2D eigenvalue weighted by atomic mass is 16.2. The number of rotatable bonds is 7. The van der Waals surface area contributed by atoms with Crippen LogP contribution in [0.1, 0.15) is 69.8 Å². The smallest absolute Gasteiger partial charge is 0.266 e. The first kappa shape index (κ1) is 22.3.